The zero-order valence-electron chi connectivity index (χ0n) is 10.4. The summed E-state index contributed by atoms with van der Waals surface area (Å²) in [6.07, 6.45) is 0.758. The van der Waals surface area contributed by atoms with Crippen molar-refractivity contribution in [3.8, 4) is 0 Å². The monoisotopic (exact) mass is 254 g/mol. The quantitative estimate of drug-likeness (QED) is 0.853. The molecule has 2 atom stereocenters. The number of amides is 1. The number of rotatable bonds is 2. The first-order chi connectivity index (χ1) is 8.15. The van der Waals surface area contributed by atoms with Crippen LogP contribution < -0.4 is 5.32 Å². The molecule has 0 saturated carbocycles. The highest BCUT2D eigenvalue weighted by Crippen LogP contribution is 2.18. The highest BCUT2D eigenvalue weighted by atomic mass is 32.1. The predicted molar refractivity (Wildman–Crippen MR) is 67.3 cm³/mol. The Labute approximate surface area is 105 Å². The van der Waals surface area contributed by atoms with Gasteiger partial charge in [0.2, 0.25) is 0 Å². The molecule has 1 aliphatic heterocycles. The minimum atomic E-state index is 0.0812. The summed E-state index contributed by atoms with van der Waals surface area (Å²) in [5.41, 5.74) is 0.818. The molecule has 94 valence electrons. The summed E-state index contributed by atoms with van der Waals surface area (Å²) < 4.78 is 3.88. The minimum absolute atomic E-state index is 0.0812. The first-order valence-corrected chi connectivity index (χ1v) is 6.78. The fourth-order valence-corrected chi connectivity index (χ4v) is 2.78. The molecule has 0 aromatic carbocycles. The van der Waals surface area contributed by atoms with Crippen molar-refractivity contribution >= 4 is 17.4 Å². The number of nitrogens with one attached hydrogen (secondary N) is 1. The Morgan fingerprint density at radius 1 is 1.59 bits per heavy atom. The zero-order chi connectivity index (χ0) is 12.4. The van der Waals surface area contributed by atoms with Crippen LogP contribution in [0.2, 0.25) is 0 Å². The summed E-state index contributed by atoms with van der Waals surface area (Å²) in [7, 11) is 0. The summed E-state index contributed by atoms with van der Waals surface area (Å²) >= 11 is 1.21. The van der Waals surface area contributed by atoms with Gasteiger partial charge in [-0.1, -0.05) is 11.4 Å². The lowest BCUT2D eigenvalue weighted by molar-refractivity contribution is 0.0606. The standard InChI is InChI=1S/C11H18N4OS/c1-4-9-10(17-14-13-9)11(16)15-6-5-12-7(2)8(15)3/h7-8,12H,4-6H2,1-3H3. The molecule has 2 unspecified atom stereocenters. The van der Waals surface area contributed by atoms with Gasteiger partial charge in [-0.15, -0.1) is 5.10 Å². The number of hydrogen-bond acceptors (Lipinski definition) is 5. The van der Waals surface area contributed by atoms with E-state index in [9.17, 15) is 4.79 Å². The number of nitrogens with zero attached hydrogens (tertiary/aromatic N) is 3. The number of aromatic nitrogens is 2. The fraction of sp³-hybridized carbons (Fsp3) is 0.727. The lowest BCUT2D eigenvalue weighted by atomic mass is 10.1. The number of carbonyl (C=O) groups is 1. The molecule has 1 aromatic rings. The Bertz CT molecular complexity index is 406. The van der Waals surface area contributed by atoms with Crippen LogP contribution in [0, 0.1) is 0 Å². The molecule has 2 rings (SSSR count). The molecule has 0 spiro atoms. The topological polar surface area (TPSA) is 58.1 Å². The van der Waals surface area contributed by atoms with Gasteiger partial charge in [0.05, 0.1) is 5.69 Å². The lowest BCUT2D eigenvalue weighted by Crippen LogP contribution is -2.57. The van der Waals surface area contributed by atoms with Crippen LogP contribution in [0.3, 0.4) is 0 Å². The Morgan fingerprint density at radius 3 is 3.06 bits per heavy atom. The van der Waals surface area contributed by atoms with Crippen molar-refractivity contribution in [3.63, 3.8) is 0 Å². The van der Waals surface area contributed by atoms with Gasteiger partial charge in [-0.05, 0) is 31.8 Å². The van der Waals surface area contributed by atoms with Crippen molar-refractivity contribution in [2.75, 3.05) is 13.1 Å². The zero-order valence-corrected chi connectivity index (χ0v) is 11.3. The van der Waals surface area contributed by atoms with E-state index < -0.39 is 0 Å². The van der Waals surface area contributed by atoms with E-state index in [2.05, 4.69) is 28.8 Å². The summed E-state index contributed by atoms with van der Waals surface area (Å²) in [5.74, 6) is 0.0812. The van der Waals surface area contributed by atoms with E-state index in [0.717, 1.165) is 25.2 Å². The normalized spacial score (nSPS) is 25.0. The Hall–Kier alpha value is -1.01. The number of aryl methyl sites for hydroxylation is 1. The summed E-state index contributed by atoms with van der Waals surface area (Å²) in [6, 6.07) is 0.543. The van der Waals surface area contributed by atoms with Crippen molar-refractivity contribution < 1.29 is 4.79 Å². The predicted octanol–water partition coefficient (Wildman–Crippen LogP) is 0.923. The molecule has 2 heterocycles. The van der Waals surface area contributed by atoms with E-state index in [1.165, 1.54) is 11.5 Å². The molecular weight excluding hydrogens is 236 g/mol. The molecule has 5 nitrogen and oxygen atoms in total. The number of carbonyl (C=O) groups excluding carboxylic acids is 1. The van der Waals surface area contributed by atoms with Crippen LogP contribution in [0.1, 0.15) is 36.1 Å². The van der Waals surface area contributed by atoms with Crippen molar-refractivity contribution in [3.05, 3.63) is 10.6 Å². The van der Waals surface area contributed by atoms with Gasteiger partial charge in [0, 0.05) is 25.2 Å². The molecule has 1 amide bonds. The summed E-state index contributed by atoms with van der Waals surface area (Å²) in [6.45, 7) is 7.79. The third-order valence-corrected chi connectivity index (χ3v) is 4.14. The lowest BCUT2D eigenvalue weighted by Gasteiger charge is -2.38. The first-order valence-electron chi connectivity index (χ1n) is 6.00. The van der Waals surface area contributed by atoms with Crippen LogP contribution >= 0.6 is 11.5 Å². The molecule has 0 radical (unpaired) electrons. The van der Waals surface area contributed by atoms with Gasteiger partial charge in [0.15, 0.2) is 0 Å². The van der Waals surface area contributed by atoms with Crippen LogP contribution in [-0.4, -0.2) is 45.6 Å². The highest BCUT2D eigenvalue weighted by molar-refractivity contribution is 7.08. The van der Waals surface area contributed by atoms with Crippen molar-refractivity contribution in [1.82, 2.24) is 19.8 Å². The van der Waals surface area contributed by atoms with Gasteiger partial charge in [-0.25, -0.2) is 0 Å². The smallest absolute Gasteiger partial charge is 0.267 e. The summed E-state index contributed by atoms with van der Waals surface area (Å²) in [4.78, 5) is 15.1. The third-order valence-electron chi connectivity index (χ3n) is 3.38. The number of piperazine rings is 1. The van der Waals surface area contributed by atoms with E-state index in [1.807, 2.05) is 11.8 Å². The fourth-order valence-electron chi connectivity index (χ4n) is 2.08. The van der Waals surface area contributed by atoms with Gasteiger partial charge in [-0.2, -0.15) is 0 Å². The Kier molecular flexibility index (Phi) is 3.73. The van der Waals surface area contributed by atoms with E-state index in [4.69, 9.17) is 0 Å². The summed E-state index contributed by atoms with van der Waals surface area (Å²) in [5, 5.41) is 7.37. The van der Waals surface area contributed by atoms with Crippen LogP contribution in [0.4, 0.5) is 0 Å². The van der Waals surface area contributed by atoms with Gasteiger partial charge >= 0.3 is 0 Å². The van der Waals surface area contributed by atoms with Crippen LogP contribution in [0.25, 0.3) is 0 Å². The van der Waals surface area contributed by atoms with Gasteiger partial charge in [-0.3, -0.25) is 4.79 Å². The van der Waals surface area contributed by atoms with Gasteiger partial charge < -0.3 is 10.2 Å². The maximum Gasteiger partial charge on any atom is 0.267 e. The Morgan fingerprint density at radius 2 is 2.35 bits per heavy atom. The molecule has 1 N–H and O–H groups in total. The Balaban J connectivity index is 2.19. The molecular formula is C11H18N4OS. The molecule has 0 aliphatic carbocycles. The molecule has 17 heavy (non-hydrogen) atoms. The number of hydrogen-bond donors (Lipinski definition) is 1. The SMILES string of the molecule is CCc1nnsc1C(=O)N1CCNC(C)C1C. The van der Waals surface area contributed by atoms with E-state index in [1.54, 1.807) is 0 Å². The average Bonchev–Trinajstić information content (AvgIpc) is 2.80. The first kappa shape index (κ1) is 12.4. The molecule has 1 aliphatic rings. The molecule has 1 aromatic heterocycles. The largest absolute Gasteiger partial charge is 0.332 e. The van der Waals surface area contributed by atoms with Crippen LogP contribution in [0.5, 0.6) is 0 Å². The third kappa shape index (κ3) is 2.32. The average molecular weight is 254 g/mol. The van der Waals surface area contributed by atoms with Crippen LogP contribution in [-0.2, 0) is 6.42 Å². The van der Waals surface area contributed by atoms with Gasteiger partial charge in [0.1, 0.15) is 4.88 Å². The van der Waals surface area contributed by atoms with E-state index >= 15 is 0 Å². The second kappa shape index (κ2) is 5.10. The van der Waals surface area contributed by atoms with Crippen molar-refractivity contribution in [2.24, 2.45) is 0 Å². The minimum Gasteiger partial charge on any atom is -0.332 e. The van der Waals surface area contributed by atoms with Gasteiger partial charge in [0.25, 0.3) is 5.91 Å². The molecule has 1 saturated heterocycles. The molecule has 1 fully saturated rings. The van der Waals surface area contributed by atoms with E-state index in [-0.39, 0.29) is 11.9 Å². The van der Waals surface area contributed by atoms with Crippen molar-refractivity contribution in [2.45, 2.75) is 39.3 Å². The highest BCUT2D eigenvalue weighted by Gasteiger charge is 2.30. The van der Waals surface area contributed by atoms with Crippen LogP contribution in [0.15, 0.2) is 0 Å². The van der Waals surface area contributed by atoms with Crippen molar-refractivity contribution in [1.29, 1.82) is 0 Å². The maximum absolute atomic E-state index is 12.4. The molecule has 6 heteroatoms. The maximum atomic E-state index is 12.4. The van der Waals surface area contributed by atoms with E-state index in [0.29, 0.717) is 10.9 Å². The second-order valence-electron chi connectivity index (χ2n) is 4.38. The second-order valence-corrected chi connectivity index (χ2v) is 5.14. The molecule has 0 bridgehead atoms.